The molecule has 8 heteroatoms. The standard InChI is InChI=1S/C12H22N2O3S3/c1-19-12(11(13)18)4-6-14(7-5-12)20(15,16)10-2-8-17-9-3-10/h10H,2-9H2,1H3,(H2,13,18). The maximum absolute atomic E-state index is 12.6. The Labute approximate surface area is 130 Å². The Morgan fingerprint density at radius 3 is 2.35 bits per heavy atom. The number of sulfonamides is 1. The highest BCUT2D eigenvalue weighted by Gasteiger charge is 2.42. The fourth-order valence-corrected chi connectivity index (χ4v) is 5.99. The first-order valence-electron chi connectivity index (χ1n) is 6.84. The molecule has 0 bridgehead atoms. The van der Waals surface area contributed by atoms with Gasteiger partial charge in [-0.25, -0.2) is 12.7 Å². The van der Waals surface area contributed by atoms with Crippen LogP contribution in [0.3, 0.4) is 0 Å². The first-order chi connectivity index (χ1) is 9.42. The van der Waals surface area contributed by atoms with Gasteiger partial charge in [0.05, 0.1) is 15.0 Å². The molecule has 116 valence electrons. The number of hydrogen-bond acceptors (Lipinski definition) is 5. The highest BCUT2D eigenvalue weighted by atomic mass is 32.2. The van der Waals surface area contributed by atoms with Crippen LogP contribution in [0, 0.1) is 0 Å². The molecule has 0 aromatic heterocycles. The number of thioether (sulfide) groups is 1. The van der Waals surface area contributed by atoms with Crippen molar-refractivity contribution in [2.75, 3.05) is 32.6 Å². The second-order valence-electron chi connectivity index (χ2n) is 5.32. The van der Waals surface area contributed by atoms with Gasteiger partial charge in [0.1, 0.15) is 0 Å². The minimum Gasteiger partial charge on any atom is -0.392 e. The Morgan fingerprint density at radius 1 is 1.35 bits per heavy atom. The van der Waals surface area contributed by atoms with Crippen LogP contribution in [-0.2, 0) is 14.8 Å². The molecule has 5 nitrogen and oxygen atoms in total. The first kappa shape index (κ1) is 16.5. The fraction of sp³-hybridized carbons (Fsp3) is 0.917. The third-order valence-electron chi connectivity index (χ3n) is 4.32. The largest absolute Gasteiger partial charge is 0.392 e. The van der Waals surface area contributed by atoms with Gasteiger partial charge in [0.2, 0.25) is 10.0 Å². The molecule has 0 amide bonds. The van der Waals surface area contributed by atoms with Gasteiger partial charge in [-0.15, -0.1) is 0 Å². The molecule has 0 spiro atoms. The average molecular weight is 339 g/mol. The molecule has 0 aliphatic carbocycles. The molecule has 2 aliphatic rings. The van der Waals surface area contributed by atoms with Gasteiger partial charge in [-0.2, -0.15) is 11.8 Å². The summed E-state index contributed by atoms with van der Waals surface area (Å²) in [5.41, 5.74) is 5.84. The predicted molar refractivity (Wildman–Crippen MR) is 86.6 cm³/mol. The van der Waals surface area contributed by atoms with Gasteiger partial charge in [-0.1, -0.05) is 12.2 Å². The molecule has 0 aromatic rings. The third-order valence-corrected chi connectivity index (χ3v) is 8.65. The summed E-state index contributed by atoms with van der Waals surface area (Å²) in [4.78, 5) is 0.494. The van der Waals surface area contributed by atoms with Gasteiger partial charge < -0.3 is 10.5 Å². The lowest BCUT2D eigenvalue weighted by atomic mass is 9.97. The highest BCUT2D eigenvalue weighted by Crippen LogP contribution is 2.36. The molecule has 2 aliphatic heterocycles. The molecule has 0 unspecified atom stereocenters. The zero-order valence-electron chi connectivity index (χ0n) is 11.7. The Kier molecular flexibility index (Phi) is 5.34. The lowest BCUT2D eigenvalue weighted by Gasteiger charge is -2.40. The van der Waals surface area contributed by atoms with Crippen LogP contribution in [0.15, 0.2) is 0 Å². The van der Waals surface area contributed by atoms with Crippen LogP contribution in [-0.4, -0.2) is 60.3 Å². The van der Waals surface area contributed by atoms with Crippen molar-refractivity contribution in [3.05, 3.63) is 0 Å². The van der Waals surface area contributed by atoms with E-state index >= 15 is 0 Å². The third kappa shape index (κ3) is 3.14. The number of hydrogen-bond donors (Lipinski definition) is 1. The van der Waals surface area contributed by atoms with Crippen LogP contribution in [0.2, 0.25) is 0 Å². The van der Waals surface area contributed by atoms with Crippen molar-refractivity contribution in [3.8, 4) is 0 Å². The van der Waals surface area contributed by atoms with E-state index in [1.54, 1.807) is 16.1 Å². The van der Waals surface area contributed by atoms with E-state index in [9.17, 15) is 8.42 Å². The smallest absolute Gasteiger partial charge is 0.217 e. The fourth-order valence-electron chi connectivity index (χ4n) is 2.84. The van der Waals surface area contributed by atoms with Crippen LogP contribution in [0.25, 0.3) is 0 Å². The van der Waals surface area contributed by atoms with E-state index in [2.05, 4.69) is 0 Å². The summed E-state index contributed by atoms with van der Waals surface area (Å²) in [6.45, 7) is 2.11. The van der Waals surface area contributed by atoms with Crippen molar-refractivity contribution in [1.82, 2.24) is 4.31 Å². The summed E-state index contributed by atoms with van der Waals surface area (Å²) in [5.74, 6) is 0. The zero-order chi connectivity index (χ0) is 14.8. The number of piperidine rings is 1. The van der Waals surface area contributed by atoms with E-state index in [-0.39, 0.29) is 10.00 Å². The molecule has 2 heterocycles. The van der Waals surface area contributed by atoms with Crippen molar-refractivity contribution >= 4 is 39.0 Å². The van der Waals surface area contributed by atoms with Crippen molar-refractivity contribution in [1.29, 1.82) is 0 Å². The number of nitrogens with zero attached hydrogens (tertiary/aromatic N) is 1. The zero-order valence-corrected chi connectivity index (χ0v) is 14.2. The Balaban J connectivity index is 2.04. The van der Waals surface area contributed by atoms with Crippen LogP contribution in [0.1, 0.15) is 25.7 Å². The average Bonchev–Trinajstić information content (AvgIpc) is 2.48. The number of nitrogens with two attached hydrogens (primary N) is 1. The lowest BCUT2D eigenvalue weighted by Crippen LogP contribution is -2.52. The monoisotopic (exact) mass is 338 g/mol. The molecule has 0 saturated carbocycles. The Hall–Kier alpha value is 0.110. The maximum atomic E-state index is 12.6. The molecule has 0 aromatic carbocycles. The molecule has 2 saturated heterocycles. The second-order valence-corrected chi connectivity index (χ2v) is 9.16. The molecular formula is C12H22N2O3S3. The molecule has 0 radical (unpaired) electrons. The molecule has 20 heavy (non-hydrogen) atoms. The van der Waals surface area contributed by atoms with E-state index in [1.165, 1.54) is 0 Å². The summed E-state index contributed by atoms with van der Waals surface area (Å²) in [6, 6.07) is 0. The van der Waals surface area contributed by atoms with Crippen molar-refractivity contribution in [3.63, 3.8) is 0 Å². The Morgan fingerprint density at radius 2 is 1.90 bits per heavy atom. The minimum absolute atomic E-state index is 0.239. The second kappa shape index (κ2) is 6.48. The van der Waals surface area contributed by atoms with Gasteiger partial charge >= 0.3 is 0 Å². The minimum atomic E-state index is -3.21. The molecule has 2 N–H and O–H groups in total. The van der Waals surface area contributed by atoms with E-state index in [0.29, 0.717) is 57.0 Å². The normalized spacial score (nSPS) is 25.4. The van der Waals surface area contributed by atoms with Crippen LogP contribution < -0.4 is 5.73 Å². The van der Waals surface area contributed by atoms with Crippen molar-refractivity contribution in [2.24, 2.45) is 5.73 Å². The Bertz CT molecular complexity index is 453. The van der Waals surface area contributed by atoms with Crippen molar-refractivity contribution < 1.29 is 13.2 Å². The number of ether oxygens (including phenoxy) is 1. The first-order valence-corrected chi connectivity index (χ1v) is 9.98. The molecule has 2 fully saturated rings. The number of rotatable bonds is 4. The van der Waals surface area contributed by atoms with Crippen LogP contribution in [0.4, 0.5) is 0 Å². The summed E-state index contributed by atoms with van der Waals surface area (Å²) < 4.78 is 31.8. The van der Waals surface area contributed by atoms with E-state index in [0.717, 1.165) is 0 Å². The lowest BCUT2D eigenvalue weighted by molar-refractivity contribution is 0.0969. The topological polar surface area (TPSA) is 72.6 Å². The summed E-state index contributed by atoms with van der Waals surface area (Å²) in [7, 11) is -3.21. The van der Waals surface area contributed by atoms with Gasteiger partial charge in [0, 0.05) is 26.3 Å². The predicted octanol–water partition coefficient (Wildman–Crippen LogP) is 0.979. The molecule has 2 rings (SSSR count). The summed E-state index contributed by atoms with van der Waals surface area (Å²) in [6.07, 6.45) is 4.59. The van der Waals surface area contributed by atoms with E-state index in [1.807, 2.05) is 6.26 Å². The summed E-state index contributed by atoms with van der Waals surface area (Å²) in [5, 5.41) is -0.289. The van der Waals surface area contributed by atoms with Gasteiger partial charge in [0.25, 0.3) is 0 Å². The van der Waals surface area contributed by atoms with Gasteiger partial charge in [0.15, 0.2) is 0 Å². The van der Waals surface area contributed by atoms with E-state index in [4.69, 9.17) is 22.7 Å². The molecular weight excluding hydrogens is 316 g/mol. The van der Waals surface area contributed by atoms with Gasteiger partial charge in [-0.3, -0.25) is 0 Å². The van der Waals surface area contributed by atoms with Gasteiger partial charge in [-0.05, 0) is 31.9 Å². The van der Waals surface area contributed by atoms with E-state index < -0.39 is 10.0 Å². The SMILES string of the molecule is CSC1(C(N)=S)CCN(S(=O)(=O)C2CCOCC2)CC1. The van der Waals surface area contributed by atoms with Crippen LogP contribution >= 0.6 is 24.0 Å². The quantitative estimate of drug-likeness (QED) is 0.771. The highest BCUT2D eigenvalue weighted by molar-refractivity contribution is 8.02. The van der Waals surface area contributed by atoms with Crippen molar-refractivity contribution in [2.45, 2.75) is 35.7 Å². The molecule has 0 atom stereocenters. The van der Waals surface area contributed by atoms with Crippen LogP contribution in [0.5, 0.6) is 0 Å². The summed E-state index contributed by atoms with van der Waals surface area (Å²) >= 11 is 6.80. The maximum Gasteiger partial charge on any atom is 0.217 e. The number of thiocarbonyl (C=S) groups is 1.